The first-order chi connectivity index (χ1) is 9.66. The van der Waals surface area contributed by atoms with Crippen molar-refractivity contribution in [3.63, 3.8) is 0 Å². The van der Waals surface area contributed by atoms with Gasteiger partial charge >= 0.3 is 0 Å². The van der Waals surface area contributed by atoms with E-state index in [0.29, 0.717) is 12.5 Å². The Bertz CT molecular complexity index is 422. The Labute approximate surface area is 126 Å². The standard InChI is InChI=1S/C16H24N2OS/c1-17(2)12-15-13-20-10-6-9-18(15)16(19)11-14-7-4-3-5-8-14/h3-5,7-8,15H,6,9-13H2,1-2H3. The molecule has 0 spiro atoms. The van der Waals surface area contributed by atoms with Crippen molar-refractivity contribution in [2.24, 2.45) is 0 Å². The zero-order valence-electron chi connectivity index (χ0n) is 12.4. The van der Waals surface area contributed by atoms with Crippen LogP contribution < -0.4 is 0 Å². The molecule has 1 aromatic carbocycles. The summed E-state index contributed by atoms with van der Waals surface area (Å²) < 4.78 is 0. The molecule has 1 atom stereocenters. The van der Waals surface area contributed by atoms with Crippen LogP contribution in [0.5, 0.6) is 0 Å². The summed E-state index contributed by atoms with van der Waals surface area (Å²) in [6.07, 6.45) is 1.63. The molecule has 0 saturated carbocycles. The van der Waals surface area contributed by atoms with E-state index in [1.165, 1.54) is 5.75 Å². The number of hydrogen-bond donors (Lipinski definition) is 0. The van der Waals surface area contributed by atoms with Crippen LogP contribution in [0.25, 0.3) is 0 Å². The maximum absolute atomic E-state index is 12.6. The Morgan fingerprint density at radius 2 is 2.10 bits per heavy atom. The number of amides is 1. The summed E-state index contributed by atoms with van der Waals surface area (Å²) in [5.41, 5.74) is 1.11. The van der Waals surface area contributed by atoms with Crippen LogP contribution in [0.2, 0.25) is 0 Å². The molecule has 2 rings (SSSR count). The summed E-state index contributed by atoms with van der Waals surface area (Å²) in [6, 6.07) is 10.4. The highest BCUT2D eigenvalue weighted by molar-refractivity contribution is 7.99. The number of thioether (sulfide) groups is 1. The second-order valence-corrected chi connectivity index (χ2v) is 6.74. The lowest BCUT2D eigenvalue weighted by atomic mass is 10.1. The SMILES string of the molecule is CN(C)CC1CSCCCN1C(=O)Cc1ccccc1. The van der Waals surface area contributed by atoms with E-state index in [-0.39, 0.29) is 5.91 Å². The minimum absolute atomic E-state index is 0.269. The van der Waals surface area contributed by atoms with E-state index in [1.807, 2.05) is 42.1 Å². The molecule has 1 aromatic rings. The van der Waals surface area contributed by atoms with Crippen LogP contribution in [0.4, 0.5) is 0 Å². The molecule has 4 heteroatoms. The fourth-order valence-corrected chi connectivity index (χ4v) is 3.66. The molecule has 1 saturated heterocycles. The third kappa shape index (κ3) is 4.53. The molecule has 3 nitrogen and oxygen atoms in total. The van der Waals surface area contributed by atoms with Gasteiger partial charge < -0.3 is 9.80 Å². The number of benzene rings is 1. The maximum Gasteiger partial charge on any atom is 0.227 e. The lowest BCUT2D eigenvalue weighted by Crippen LogP contribution is -2.47. The van der Waals surface area contributed by atoms with Gasteiger partial charge in [-0.25, -0.2) is 0 Å². The highest BCUT2D eigenvalue weighted by atomic mass is 32.2. The number of hydrogen-bond acceptors (Lipinski definition) is 3. The highest BCUT2D eigenvalue weighted by Crippen LogP contribution is 2.18. The predicted molar refractivity (Wildman–Crippen MR) is 86.1 cm³/mol. The zero-order valence-corrected chi connectivity index (χ0v) is 13.2. The molecule has 0 N–H and O–H groups in total. The quantitative estimate of drug-likeness (QED) is 0.849. The normalized spacial score (nSPS) is 19.9. The number of likely N-dealkylation sites (N-methyl/N-ethyl adjacent to an activating group) is 1. The van der Waals surface area contributed by atoms with Crippen LogP contribution in [0.15, 0.2) is 30.3 Å². The van der Waals surface area contributed by atoms with Gasteiger partial charge in [0, 0.05) is 18.8 Å². The number of rotatable bonds is 4. The van der Waals surface area contributed by atoms with E-state index in [9.17, 15) is 4.79 Å². The average molecular weight is 292 g/mol. The van der Waals surface area contributed by atoms with Crippen LogP contribution >= 0.6 is 11.8 Å². The largest absolute Gasteiger partial charge is 0.337 e. The molecule has 1 aliphatic rings. The monoisotopic (exact) mass is 292 g/mol. The van der Waals surface area contributed by atoms with Gasteiger partial charge in [-0.1, -0.05) is 30.3 Å². The molecule has 0 radical (unpaired) electrons. The van der Waals surface area contributed by atoms with Crippen molar-refractivity contribution in [1.29, 1.82) is 0 Å². The Morgan fingerprint density at radius 3 is 2.80 bits per heavy atom. The maximum atomic E-state index is 12.6. The molecule has 1 amide bonds. The van der Waals surface area contributed by atoms with E-state index >= 15 is 0 Å². The van der Waals surface area contributed by atoms with Crippen molar-refractivity contribution in [3.8, 4) is 0 Å². The van der Waals surface area contributed by atoms with Crippen molar-refractivity contribution in [2.75, 3.05) is 38.7 Å². The van der Waals surface area contributed by atoms with E-state index in [4.69, 9.17) is 0 Å². The van der Waals surface area contributed by atoms with Crippen molar-refractivity contribution in [1.82, 2.24) is 9.80 Å². The van der Waals surface area contributed by atoms with Crippen LogP contribution in [-0.2, 0) is 11.2 Å². The van der Waals surface area contributed by atoms with Gasteiger partial charge in [0.25, 0.3) is 0 Å². The molecule has 1 unspecified atom stereocenters. The summed E-state index contributed by atoms with van der Waals surface area (Å²) in [7, 11) is 4.16. The van der Waals surface area contributed by atoms with Crippen molar-refractivity contribution in [2.45, 2.75) is 18.9 Å². The van der Waals surface area contributed by atoms with Crippen LogP contribution in [0.1, 0.15) is 12.0 Å². The fourth-order valence-electron chi connectivity index (χ4n) is 2.60. The summed E-state index contributed by atoms with van der Waals surface area (Å²) in [4.78, 5) is 16.9. The molecule has 1 aliphatic heterocycles. The second kappa shape index (κ2) is 7.70. The topological polar surface area (TPSA) is 23.6 Å². The van der Waals surface area contributed by atoms with Gasteiger partial charge in [-0.2, -0.15) is 11.8 Å². The van der Waals surface area contributed by atoms with E-state index in [1.54, 1.807) is 0 Å². The Kier molecular flexibility index (Phi) is 5.92. The van der Waals surface area contributed by atoms with Crippen LogP contribution in [-0.4, -0.2) is 60.4 Å². The highest BCUT2D eigenvalue weighted by Gasteiger charge is 2.25. The smallest absolute Gasteiger partial charge is 0.227 e. The van der Waals surface area contributed by atoms with Gasteiger partial charge in [-0.05, 0) is 31.8 Å². The fraction of sp³-hybridized carbons (Fsp3) is 0.562. The summed E-state index contributed by atoms with van der Waals surface area (Å²) in [5.74, 6) is 2.49. The number of carbonyl (C=O) groups is 1. The average Bonchev–Trinajstić information content (AvgIpc) is 2.64. The number of nitrogens with zero attached hydrogens (tertiary/aromatic N) is 2. The van der Waals surface area contributed by atoms with Crippen molar-refractivity contribution >= 4 is 17.7 Å². The Hall–Kier alpha value is -1.00. The van der Waals surface area contributed by atoms with Crippen molar-refractivity contribution < 1.29 is 4.79 Å². The third-order valence-electron chi connectivity index (χ3n) is 3.53. The molecule has 1 heterocycles. The molecule has 0 aliphatic carbocycles. The van der Waals surface area contributed by atoms with E-state index < -0.39 is 0 Å². The molecule has 0 aromatic heterocycles. The summed E-state index contributed by atoms with van der Waals surface area (Å²) in [5, 5.41) is 0. The van der Waals surface area contributed by atoms with Gasteiger partial charge in [0.1, 0.15) is 0 Å². The second-order valence-electron chi connectivity index (χ2n) is 5.59. The van der Waals surface area contributed by atoms with Crippen LogP contribution in [0, 0.1) is 0 Å². The lowest BCUT2D eigenvalue weighted by molar-refractivity contribution is -0.132. The molecule has 20 heavy (non-hydrogen) atoms. The predicted octanol–water partition coefficient (Wildman–Crippen LogP) is 2.12. The summed E-state index contributed by atoms with van der Waals surface area (Å²) >= 11 is 1.97. The Balaban J connectivity index is 2.03. The Morgan fingerprint density at radius 1 is 1.35 bits per heavy atom. The van der Waals surface area contributed by atoms with E-state index in [2.05, 4.69) is 23.9 Å². The molecule has 0 bridgehead atoms. The first-order valence-electron chi connectivity index (χ1n) is 7.22. The third-order valence-corrected chi connectivity index (χ3v) is 4.73. The van der Waals surface area contributed by atoms with Gasteiger partial charge in [0.2, 0.25) is 5.91 Å². The van der Waals surface area contributed by atoms with E-state index in [0.717, 1.165) is 30.8 Å². The summed E-state index contributed by atoms with van der Waals surface area (Å²) in [6.45, 7) is 1.85. The minimum Gasteiger partial charge on any atom is -0.337 e. The van der Waals surface area contributed by atoms with Crippen LogP contribution in [0.3, 0.4) is 0 Å². The lowest BCUT2D eigenvalue weighted by Gasteiger charge is -2.31. The van der Waals surface area contributed by atoms with Gasteiger partial charge in [0.05, 0.1) is 12.5 Å². The molecular formula is C16H24N2OS. The van der Waals surface area contributed by atoms with Gasteiger partial charge in [-0.3, -0.25) is 4.79 Å². The molecule has 1 fully saturated rings. The van der Waals surface area contributed by atoms with Gasteiger partial charge in [-0.15, -0.1) is 0 Å². The first-order valence-corrected chi connectivity index (χ1v) is 8.38. The molecular weight excluding hydrogens is 268 g/mol. The molecule has 110 valence electrons. The number of carbonyl (C=O) groups excluding carboxylic acids is 1. The minimum atomic E-state index is 0.269. The zero-order chi connectivity index (χ0) is 14.4. The van der Waals surface area contributed by atoms with Gasteiger partial charge in [0.15, 0.2) is 0 Å². The van der Waals surface area contributed by atoms with Crippen molar-refractivity contribution in [3.05, 3.63) is 35.9 Å². The first kappa shape index (κ1) is 15.4.